The van der Waals surface area contributed by atoms with Crippen LogP contribution in [0.4, 0.5) is 0 Å². The summed E-state index contributed by atoms with van der Waals surface area (Å²) in [6.45, 7) is 0. The molecule has 0 aromatic rings. The Bertz CT molecular complexity index is 126. The molecule has 1 aliphatic heterocycles. The van der Waals surface area contributed by atoms with Gasteiger partial charge in [-0.15, -0.1) is 11.8 Å². The minimum Gasteiger partial charge on any atom is -0.289 e. The first kappa shape index (κ1) is 7.90. The third-order valence-corrected chi connectivity index (χ3v) is 3.48. The third-order valence-electron chi connectivity index (χ3n) is 2.73. The van der Waals surface area contributed by atoms with Gasteiger partial charge < -0.3 is 0 Å². The van der Waals surface area contributed by atoms with Crippen LogP contribution in [0.1, 0.15) is 25.7 Å². The Kier molecular flexibility index (Phi) is 2.39. The monoisotopic (exact) mass is 172 g/mol. The van der Waals surface area contributed by atoms with Crippen LogP contribution in [0.2, 0.25) is 0 Å². The lowest BCUT2D eigenvalue weighted by molar-refractivity contribution is 0.374. The van der Waals surface area contributed by atoms with Gasteiger partial charge in [-0.3, -0.25) is 10.6 Å². The van der Waals surface area contributed by atoms with Gasteiger partial charge in [-0.25, -0.2) is 0 Å². The molecule has 3 heteroatoms. The minimum absolute atomic E-state index is 0.517. The minimum atomic E-state index is 0.517. The highest BCUT2D eigenvalue weighted by molar-refractivity contribution is 7.99. The highest BCUT2D eigenvalue weighted by atomic mass is 32.2. The zero-order chi connectivity index (χ0) is 7.68. The fourth-order valence-electron chi connectivity index (χ4n) is 2.10. The predicted molar refractivity (Wildman–Crippen MR) is 49.6 cm³/mol. The number of hydrogen-bond acceptors (Lipinski definition) is 3. The SMILES string of the molecule is CSC1NC2CCCCC2N1. The van der Waals surface area contributed by atoms with E-state index < -0.39 is 0 Å². The zero-order valence-corrected chi connectivity index (χ0v) is 7.79. The highest BCUT2D eigenvalue weighted by Crippen LogP contribution is 2.24. The molecule has 11 heavy (non-hydrogen) atoms. The normalized spacial score (nSPS) is 43.9. The molecule has 2 nitrogen and oxygen atoms in total. The summed E-state index contributed by atoms with van der Waals surface area (Å²) >= 11 is 1.88. The number of rotatable bonds is 1. The van der Waals surface area contributed by atoms with E-state index in [1.165, 1.54) is 25.7 Å². The molecule has 2 aliphatic rings. The summed E-state index contributed by atoms with van der Waals surface area (Å²) < 4.78 is 0. The second-order valence-corrected chi connectivity index (χ2v) is 4.39. The van der Waals surface area contributed by atoms with E-state index in [9.17, 15) is 0 Å². The molecule has 1 aliphatic carbocycles. The standard InChI is InChI=1S/C8H16N2S/c1-11-8-9-6-4-2-3-5-7(6)10-8/h6-10H,2-5H2,1H3. The van der Waals surface area contributed by atoms with Crippen LogP contribution in [0, 0.1) is 0 Å². The molecule has 0 radical (unpaired) electrons. The van der Waals surface area contributed by atoms with E-state index in [2.05, 4.69) is 16.9 Å². The van der Waals surface area contributed by atoms with Crippen LogP contribution in [0.25, 0.3) is 0 Å². The van der Waals surface area contributed by atoms with Crippen LogP contribution < -0.4 is 10.6 Å². The average Bonchev–Trinajstić information content (AvgIpc) is 2.46. The molecule has 2 unspecified atom stereocenters. The predicted octanol–water partition coefficient (Wildman–Crippen LogP) is 1.14. The topological polar surface area (TPSA) is 24.1 Å². The Hall–Kier alpha value is 0.270. The molecule has 0 spiro atoms. The van der Waals surface area contributed by atoms with Crippen molar-refractivity contribution in [2.75, 3.05) is 6.26 Å². The molecule has 2 atom stereocenters. The summed E-state index contributed by atoms with van der Waals surface area (Å²) in [5, 5.41) is 7.19. The van der Waals surface area contributed by atoms with Crippen molar-refractivity contribution in [1.29, 1.82) is 0 Å². The van der Waals surface area contributed by atoms with Crippen molar-refractivity contribution in [1.82, 2.24) is 10.6 Å². The maximum absolute atomic E-state index is 3.59. The van der Waals surface area contributed by atoms with Crippen LogP contribution in [-0.2, 0) is 0 Å². The van der Waals surface area contributed by atoms with Crippen LogP contribution in [0.15, 0.2) is 0 Å². The molecule has 0 amide bonds. The summed E-state index contributed by atoms with van der Waals surface area (Å²) in [7, 11) is 0. The summed E-state index contributed by atoms with van der Waals surface area (Å²) in [6, 6.07) is 1.53. The Morgan fingerprint density at radius 3 is 2.09 bits per heavy atom. The summed E-state index contributed by atoms with van der Waals surface area (Å²) in [6.07, 6.45) is 7.72. The number of thioether (sulfide) groups is 1. The lowest BCUT2D eigenvalue weighted by atomic mass is 9.92. The van der Waals surface area contributed by atoms with E-state index in [0.29, 0.717) is 5.50 Å². The van der Waals surface area contributed by atoms with Gasteiger partial charge in [-0.2, -0.15) is 0 Å². The number of nitrogens with one attached hydrogen (secondary N) is 2. The van der Waals surface area contributed by atoms with Crippen molar-refractivity contribution in [2.24, 2.45) is 0 Å². The van der Waals surface area contributed by atoms with Crippen LogP contribution in [0.3, 0.4) is 0 Å². The fourth-order valence-corrected chi connectivity index (χ4v) is 2.72. The van der Waals surface area contributed by atoms with Gasteiger partial charge in [0.15, 0.2) is 0 Å². The maximum Gasteiger partial charge on any atom is 0.106 e. The molecular weight excluding hydrogens is 156 g/mol. The van der Waals surface area contributed by atoms with Gasteiger partial charge in [0.05, 0.1) is 0 Å². The lowest BCUT2D eigenvalue weighted by Crippen LogP contribution is -2.36. The first-order chi connectivity index (χ1) is 5.40. The molecule has 2 fully saturated rings. The van der Waals surface area contributed by atoms with Crippen molar-refractivity contribution in [3.63, 3.8) is 0 Å². The molecule has 1 heterocycles. The molecule has 1 saturated carbocycles. The van der Waals surface area contributed by atoms with Crippen molar-refractivity contribution in [3.05, 3.63) is 0 Å². The van der Waals surface area contributed by atoms with Crippen molar-refractivity contribution in [3.8, 4) is 0 Å². The van der Waals surface area contributed by atoms with Gasteiger partial charge in [-0.1, -0.05) is 12.8 Å². The average molecular weight is 172 g/mol. The quantitative estimate of drug-likeness (QED) is 0.620. The summed E-state index contributed by atoms with van der Waals surface area (Å²) in [4.78, 5) is 0. The molecule has 0 aromatic heterocycles. The first-order valence-electron chi connectivity index (χ1n) is 4.45. The van der Waals surface area contributed by atoms with E-state index in [1.54, 1.807) is 0 Å². The number of hydrogen-bond donors (Lipinski definition) is 2. The molecule has 2 N–H and O–H groups in total. The van der Waals surface area contributed by atoms with Crippen LogP contribution in [-0.4, -0.2) is 23.8 Å². The Labute approximate surface area is 72.5 Å². The second-order valence-electron chi connectivity index (χ2n) is 3.45. The largest absolute Gasteiger partial charge is 0.289 e. The Morgan fingerprint density at radius 1 is 1.09 bits per heavy atom. The Morgan fingerprint density at radius 2 is 1.64 bits per heavy atom. The van der Waals surface area contributed by atoms with Gasteiger partial charge in [0.25, 0.3) is 0 Å². The third kappa shape index (κ3) is 1.55. The van der Waals surface area contributed by atoms with E-state index in [-0.39, 0.29) is 0 Å². The molecular formula is C8H16N2S. The van der Waals surface area contributed by atoms with Gasteiger partial charge in [0.1, 0.15) is 5.50 Å². The van der Waals surface area contributed by atoms with Gasteiger partial charge in [0, 0.05) is 12.1 Å². The molecule has 2 rings (SSSR count). The van der Waals surface area contributed by atoms with Crippen molar-refractivity contribution >= 4 is 11.8 Å². The number of fused-ring (bicyclic) bond motifs is 1. The first-order valence-corrected chi connectivity index (χ1v) is 5.74. The smallest absolute Gasteiger partial charge is 0.106 e. The zero-order valence-electron chi connectivity index (χ0n) is 6.97. The summed E-state index contributed by atoms with van der Waals surface area (Å²) in [5.74, 6) is 0. The maximum atomic E-state index is 3.59. The molecule has 0 aromatic carbocycles. The fraction of sp³-hybridized carbons (Fsp3) is 1.00. The van der Waals surface area contributed by atoms with E-state index in [0.717, 1.165) is 12.1 Å². The van der Waals surface area contributed by atoms with Crippen molar-refractivity contribution < 1.29 is 0 Å². The van der Waals surface area contributed by atoms with Gasteiger partial charge in [0.2, 0.25) is 0 Å². The van der Waals surface area contributed by atoms with Gasteiger partial charge >= 0.3 is 0 Å². The second kappa shape index (κ2) is 3.33. The molecule has 0 bridgehead atoms. The van der Waals surface area contributed by atoms with Crippen molar-refractivity contribution in [2.45, 2.75) is 43.3 Å². The lowest BCUT2D eigenvalue weighted by Gasteiger charge is -2.23. The van der Waals surface area contributed by atoms with Crippen LogP contribution >= 0.6 is 11.8 Å². The highest BCUT2D eigenvalue weighted by Gasteiger charge is 2.33. The van der Waals surface area contributed by atoms with E-state index in [4.69, 9.17) is 0 Å². The Balaban J connectivity index is 1.92. The molecule has 1 saturated heterocycles. The van der Waals surface area contributed by atoms with E-state index >= 15 is 0 Å². The van der Waals surface area contributed by atoms with E-state index in [1.807, 2.05) is 11.8 Å². The molecule has 64 valence electrons. The van der Waals surface area contributed by atoms with Gasteiger partial charge in [-0.05, 0) is 19.1 Å². The van der Waals surface area contributed by atoms with Crippen LogP contribution in [0.5, 0.6) is 0 Å². The summed E-state index contributed by atoms with van der Waals surface area (Å²) in [5.41, 5.74) is 0.517.